The lowest BCUT2D eigenvalue weighted by Gasteiger charge is -2.07. The van der Waals surface area contributed by atoms with Gasteiger partial charge in [0.2, 0.25) is 5.95 Å². The summed E-state index contributed by atoms with van der Waals surface area (Å²) in [6.45, 7) is 2.08. The first-order valence-corrected chi connectivity index (χ1v) is 7.68. The number of nitrogens with zero attached hydrogens (tertiary/aromatic N) is 1. The van der Waals surface area contributed by atoms with E-state index in [2.05, 4.69) is 11.9 Å². The number of benzene rings is 2. The van der Waals surface area contributed by atoms with E-state index in [0.29, 0.717) is 5.56 Å². The Hall–Kier alpha value is -2.55. The monoisotopic (exact) mass is 309 g/mol. The van der Waals surface area contributed by atoms with Gasteiger partial charge in [-0.05, 0) is 41.3 Å². The van der Waals surface area contributed by atoms with E-state index in [1.165, 1.54) is 12.3 Å². The molecule has 0 bridgehead atoms. The van der Waals surface area contributed by atoms with E-state index in [0.717, 1.165) is 35.1 Å². The number of hydrogen-bond donors (Lipinski definition) is 0. The highest BCUT2D eigenvalue weighted by atomic mass is 19.1. The van der Waals surface area contributed by atoms with Crippen molar-refractivity contribution in [2.24, 2.45) is 0 Å². The van der Waals surface area contributed by atoms with E-state index in [4.69, 9.17) is 0 Å². The first-order valence-electron chi connectivity index (χ1n) is 7.68. The maximum Gasteiger partial charge on any atom is 0.212 e. The van der Waals surface area contributed by atoms with Crippen LogP contribution in [0.2, 0.25) is 0 Å². The molecule has 0 aliphatic carbocycles. The minimum absolute atomic E-state index is 0.202. The highest BCUT2D eigenvalue weighted by Gasteiger charge is 2.07. The maximum atomic E-state index is 14.3. The van der Waals surface area contributed by atoms with E-state index in [1.54, 1.807) is 12.1 Å². The summed E-state index contributed by atoms with van der Waals surface area (Å²) < 4.78 is 27.1. The maximum absolute atomic E-state index is 14.3. The average Bonchev–Trinajstić information content (AvgIpc) is 2.56. The molecule has 1 nitrogen and oxygen atoms in total. The normalized spacial score (nSPS) is 10.7. The van der Waals surface area contributed by atoms with Crippen molar-refractivity contribution >= 4 is 0 Å². The summed E-state index contributed by atoms with van der Waals surface area (Å²) in [6, 6.07) is 15.9. The number of aryl methyl sites for hydroxylation is 1. The van der Waals surface area contributed by atoms with Crippen molar-refractivity contribution in [1.82, 2.24) is 4.98 Å². The van der Waals surface area contributed by atoms with Crippen molar-refractivity contribution in [3.05, 3.63) is 78.1 Å². The van der Waals surface area contributed by atoms with Crippen molar-refractivity contribution in [3.8, 4) is 22.3 Å². The van der Waals surface area contributed by atoms with Crippen LogP contribution in [-0.4, -0.2) is 4.98 Å². The van der Waals surface area contributed by atoms with E-state index >= 15 is 0 Å². The second kappa shape index (κ2) is 6.69. The molecule has 0 atom stereocenters. The van der Waals surface area contributed by atoms with E-state index < -0.39 is 5.95 Å². The second-order valence-electron chi connectivity index (χ2n) is 5.51. The van der Waals surface area contributed by atoms with Crippen LogP contribution in [0.3, 0.4) is 0 Å². The number of pyridine rings is 1. The molecule has 3 aromatic rings. The van der Waals surface area contributed by atoms with Gasteiger partial charge in [0.1, 0.15) is 5.82 Å². The molecule has 0 fully saturated rings. The third-order valence-electron chi connectivity index (χ3n) is 3.83. The average molecular weight is 309 g/mol. The first-order chi connectivity index (χ1) is 11.2. The van der Waals surface area contributed by atoms with Crippen LogP contribution in [0.15, 0.2) is 60.8 Å². The topological polar surface area (TPSA) is 12.9 Å². The SMILES string of the molecule is CCCc1ccc(-c2ccc(-c3ccc(F)nc3)cc2)c(F)c1. The smallest absolute Gasteiger partial charge is 0.212 e. The lowest BCUT2D eigenvalue weighted by atomic mass is 9.99. The van der Waals surface area contributed by atoms with E-state index in [9.17, 15) is 8.78 Å². The van der Waals surface area contributed by atoms with Crippen molar-refractivity contribution in [1.29, 1.82) is 0 Å². The zero-order chi connectivity index (χ0) is 16.2. The van der Waals surface area contributed by atoms with Crippen LogP contribution in [0, 0.1) is 11.8 Å². The molecule has 0 unspecified atom stereocenters. The molecule has 0 N–H and O–H groups in total. The summed E-state index contributed by atoms with van der Waals surface area (Å²) in [5.74, 6) is -0.702. The summed E-state index contributed by atoms with van der Waals surface area (Å²) in [6.07, 6.45) is 3.37. The summed E-state index contributed by atoms with van der Waals surface area (Å²) >= 11 is 0. The Kier molecular flexibility index (Phi) is 4.47. The van der Waals surface area contributed by atoms with Crippen molar-refractivity contribution in [3.63, 3.8) is 0 Å². The Bertz CT molecular complexity index is 793. The van der Waals surface area contributed by atoms with Gasteiger partial charge in [-0.3, -0.25) is 0 Å². The number of aromatic nitrogens is 1. The molecule has 3 heteroatoms. The fourth-order valence-corrected chi connectivity index (χ4v) is 2.63. The number of rotatable bonds is 4. The van der Waals surface area contributed by atoms with Gasteiger partial charge < -0.3 is 0 Å². The molecule has 0 radical (unpaired) electrons. The summed E-state index contributed by atoms with van der Waals surface area (Å²) in [5.41, 5.74) is 4.18. The van der Waals surface area contributed by atoms with Crippen molar-refractivity contribution in [2.45, 2.75) is 19.8 Å². The molecule has 116 valence electrons. The van der Waals surface area contributed by atoms with Gasteiger partial charge in [-0.1, -0.05) is 49.7 Å². The third-order valence-corrected chi connectivity index (χ3v) is 3.83. The molecule has 0 aliphatic heterocycles. The second-order valence-corrected chi connectivity index (χ2v) is 5.51. The van der Waals surface area contributed by atoms with Crippen LogP contribution in [0.4, 0.5) is 8.78 Å². The zero-order valence-electron chi connectivity index (χ0n) is 12.9. The molecule has 1 heterocycles. The molecule has 0 spiro atoms. The Morgan fingerprint density at radius 3 is 2.13 bits per heavy atom. The van der Waals surface area contributed by atoms with Crippen molar-refractivity contribution < 1.29 is 8.78 Å². The largest absolute Gasteiger partial charge is 0.228 e. The van der Waals surface area contributed by atoms with Gasteiger partial charge in [0.25, 0.3) is 0 Å². The Morgan fingerprint density at radius 1 is 0.826 bits per heavy atom. The van der Waals surface area contributed by atoms with Gasteiger partial charge in [0.05, 0.1) is 0 Å². The molecule has 0 saturated carbocycles. The fourth-order valence-electron chi connectivity index (χ4n) is 2.63. The summed E-state index contributed by atoms with van der Waals surface area (Å²) in [7, 11) is 0. The predicted octanol–water partition coefficient (Wildman–Crippen LogP) is 5.65. The lowest BCUT2D eigenvalue weighted by molar-refractivity contribution is 0.584. The van der Waals surface area contributed by atoms with Crippen LogP contribution < -0.4 is 0 Å². The lowest BCUT2D eigenvalue weighted by Crippen LogP contribution is -1.90. The van der Waals surface area contributed by atoms with Crippen LogP contribution in [0.5, 0.6) is 0 Å². The minimum atomic E-state index is -0.500. The molecule has 0 saturated heterocycles. The quantitative estimate of drug-likeness (QED) is 0.568. The molecule has 1 aromatic heterocycles. The standard InChI is InChI=1S/C20H17F2N/c1-2-3-14-4-10-18(19(21)12-14)16-7-5-15(6-8-16)17-9-11-20(22)23-13-17/h4-13H,2-3H2,1H3. The minimum Gasteiger partial charge on any atom is -0.228 e. The Labute approximate surface area is 134 Å². The molecule has 23 heavy (non-hydrogen) atoms. The first kappa shape index (κ1) is 15.3. The van der Waals surface area contributed by atoms with Gasteiger partial charge in [0, 0.05) is 17.3 Å². The van der Waals surface area contributed by atoms with Gasteiger partial charge in [-0.2, -0.15) is 4.39 Å². The predicted molar refractivity (Wildman–Crippen MR) is 89.0 cm³/mol. The van der Waals surface area contributed by atoms with Crippen molar-refractivity contribution in [2.75, 3.05) is 0 Å². The van der Waals surface area contributed by atoms with Gasteiger partial charge in [0.15, 0.2) is 0 Å². The molecular formula is C20H17F2N. The van der Waals surface area contributed by atoms with Crippen LogP contribution >= 0.6 is 0 Å². The third kappa shape index (κ3) is 3.45. The Balaban J connectivity index is 1.89. The van der Waals surface area contributed by atoms with Gasteiger partial charge >= 0.3 is 0 Å². The molecule has 2 aromatic carbocycles. The molecule has 3 rings (SSSR count). The van der Waals surface area contributed by atoms with Crippen LogP contribution in [0.25, 0.3) is 22.3 Å². The van der Waals surface area contributed by atoms with E-state index in [-0.39, 0.29) is 5.82 Å². The molecular weight excluding hydrogens is 292 g/mol. The molecule has 0 amide bonds. The summed E-state index contributed by atoms with van der Waals surface area (Å²) in [5, 5.41) is 0. The van der Waals surface area contributed by atoms with Gasteiger partial charge in [-0.25, -0.2) is 9.37 Å². The summed E-state index contributed by atoms with van der Waals surface area (Å²) in [4.78, 5) is 3.65. The number of hydrogen-bond acceptors (Lipinski definition) is 1. The molecule has 0 aliphatic rings. The number of halogens is 2. The highest BCUT2D eigenvalue weighted by molar-refractivity contribution is 5.70. The fraction of sp³-hybridized carbons (Fsp3) is 0.150. The van der Waals surface area contributed by atoms with E-state index in [1.807, 2.05) is 36.4 Å². The van der Waals surface area contributed by atoms with Gasteiger partial charge in [-0.15, -0.1) is 0 Å². The Morgan fingerprint density at radius 2 is 1.52 bits per heavy atom. The zero-order valence-corrected chi connectivity index (χ0v) is 12.9. The van der Waals surface area contributed by atoms with Crippen LogP contribution in [-0.2, 0) is 6.42 Å². The highest BCUT2D eigenvalue weighted by Crippen LogP contribution is 2.27. The van der Waals surface area contributed by atoms with Crippen LogP contribution in [0.1, 0.15) is 18.9 Å².